The van der Waals surface area contributed by atoms with Gasteiger partial charge in [0.15, 0.2) is 15.2 Å². The summed E-state index contributed by atoms with van der Waals surface area (Å²) < 4.78 is 5.86. The number of carbonyl (C=O) groups is 4. The van der Waals surface area contributed by atoms with Crippen LogP contribution in [-0.4, -0.2) is 89.8 Å². The fraction of sp³-hybridized carbons (Fsp3) is 0.429. The minimum atomic E-state index is -1.25. The Hall–Kier alpha value is -2.93. The highest BCUT2D eigenvalue weighted by Crippen LogP contribution is 2.41. The number of aliphatic carboxylic acids is 1. The Morgan fingerprint density at radius 3 is 2.73 bits per heavy atom. The molecule has 1 saturated heterocycles. The highest BCUT2D eigenvalue weighted by atomic mass is 35.5. The molecule has 2 amide bonds. The molecule has 2 atom stereocenters. The number of carbonyl (C=O) groups excluding carboxylic acids is 3. The van der Waals surface area contributed by atoms with Crippen LogP contribution in [0.3, 0.4) is 0 Å². The maximum atomic E-state index is 13.3. The zero-order valence-electron chi connectivity index (χ0n) is 21.1. The van der Waals surface area contributed by atoms with Gasteiger partial charge in [0.05, 0.1) is 0 Å². The fourth-order valence-corrected chi connectivity index (χ4v) is 7.46. The Morgan fingerprint density at radius 2 is 2.12 bits per heavy atom. The summed E-state index contributed by atoms with van der Waals surface area (Å²) >= 11 is 11.0. The Labute approximate surface area is 248 Å². The number of nitrogens with zero attached hydrogens (tertiary/aromatic N) is 5. The van der Waals surface area contributed by atoms with Crippen LogP contribution in [0.1, 0.15) is 26.5 Å². The minimum Gasteiger partial charge on any atom is -0.477 e. The zero-order chi connectivity index (χ0) is 29.2. The van der Waals surface area contributed by atoms with Crippen molar-refractivity contribution in [2.75, 3.05) is 23.8 Å². The van der Waals surface area contributed by atoms with E-state index < -0.39 is 53.1 Å². The predicted octanol–water partition coefficient (Wildman–Crippen LogP) is 1.82. The van der Waals surface area contributed by atoms with Crippen molar-refractivity contribution in [3.63, 3.8) is 0 Å². The molecular weight excluding hydrogens is 626 g/mol. The number of halogens is 1. The largest absolute Gasteiger partial charge is 0.477 e. The molecule has 214 valence electrons. The van der Waals surface area contributed by atoms with Crippen molar-refractivity contribution in [2.24, 2.45) is 5.16 Å². The molecule has 0 aliphatic carbocycles. The SMILES string of the molecule is CC(C)(C)OC(=O)CON=C(C(=O)NC1C(=O)N2C(C(=O)O)=C(CSc3nncs3)CS[C@H]12)c1nc(N)sc1Cl. The number of rotatable bonds is 10. The second-order valence-electron chi connectivity index (χ2n) is 9.09. The van der Waals surface area contributed by atoms with Gasteiger partial charge >= 0.3 is 11.9 Å². The van der Waals surface area contributed by atoms with Crippen molar-refractivity contribution in [3.05, 3.63) is 26.8 Å². The second-order valence-corrected chi connectivity index (χ2v) is 13.9. The number of esters is 1. The molecule has 0 radical (unpaired) electrons. The number of β-lactam (4-membered cyclic amide) rings is 1. The van der Waals surface area contributed by atoms with Crippen LogP contribution in [0.4, 0.5) is 5.13 Å². The van der Waals surface area contributed by atoms with Gasteiger partial charge in [-0.25, -0.2) is 14.6 Å². The zero-order valence-corrected chi connectivity index (χ0v) is 25.1. The predicted molar refractivity (Wildman–Crippen MR) is 150 cm³/mol. The third-order valence-corrected chi connectivity index (χ3v) is 9.42. The Bertz CT molecular complexity index is 1390. The van der Waals surface area contributed by atoms with Gasteiger partial charge in [0.25, 0.3) is 11.8 Å². The number of carboxylic acids is 1. The summed E-state index contributed by atoms with van der Waals surface area (Å²) in [4.78, 5) is 60.6. The van der Waals surface area contributed by atoms with Crippen molar-refractivity contribution in [1.29, 1.82) is 0 Å². The number of thiazole rings is 1. The first-order valence-corrected chi connectivity index (χ1v) is 15.4. The van der Waals surface area contributed by atoms with Crippen molar-refractivity contribution < 1.29 is 33.9 Å². The number of amides is 2. The molecule has 4 rings (SSSR count). The second kappa shape index (κ2) is 12.3. The number of oxime groups is 1. The van der Waals surface area contributed by atoms with Crippen LogP contribution in [0.5, 0.6) is 0 Å². The van der Waals surface area contributed by atoms with E-state index in [2.05, 4.69) is 25.7 Å². The van der Waals surface area contributed by atoms with Gasteiger partial charge in [-0.15, -0.1) is 22.0 Å². The summed E-state index contributed by atoms with van der Waals surface area (Å²) in [6.07, 6.45) is 0. The van der Waals surface area contributed by atoms with E-state index in [-0.39, 0.29) is 20.9 Å². The van der Waals surface area contributed by atoms with E-state index in [0.717, 1.165) is 16.2 Å². The summed E-state index contributed by atoms with van der Waals surface area (Å²) in [5.41, 5.74) is 6.43. The Balaban J connectivity index is 1.49. The molecule has 4 heterocycles. The lowest BCUT2D eigenvalue weighted by Gasteiger charge is -2.49. The number of nitrogens with one attached hydrogen (secondary N) is 1. The van der Waals surface area contributed by atoms with Crippen molar-refractivity contribution in [1.82, 2.24) is 25.4 Å². The van der Waals surface area contributed by atoms with Crippen LogP contribution in [-0.2, 0) is 28.8 Å². The van der Waals surface area contributed by atoms with Gasteiger partial charge in [0.2, 0.25) is 6.61 Å². The highest BCUT2D eigenvalue weighted by Gasteiger charge is 2.54. The molecule has 19 heteroatoms. The monoisotopic (exact) mass is 647 g/mol. The quantitative estimate of drug-likeness (QED) is 0.111. The number of anilines is 1. The van der Waals surface area contributed by atoms with Gasteiger partial charge in [-0.3, -0.25) is 14.5 Å². The van der Waals surface area contributed by atoms with Gasteiger partial charge < -0.3 is 25.7 Å². The Morgan fingerprint density at radius 1 is 1.38 bits per heavy atom. The molecule has 14 nitrogen and oxygen atoms in total. The van der Waals surface area contributed by atoms with E-state index in [4.69, 9.17) is 26.9 Å². The third-order valence-electron chi connectivity index (χ3n) is 5.05. The van der Waals surface area contributed by atoms with E-state index in [1.807, 2.05) is 0 Å². The van der Waals surface area contributed by atoms with Crippen molar-refractivity contribution >= 4 is 92.4 Å². The number of aromatic nitrogens is 3. The maximum Gasteiger partial charge on any atom is 0.352 e. The maximum absolute atomic E-state index is 13.3. The lowest BCUT2D eigenvalue weighted by molar-refractivity contribution is -0.160. The molecule has 4 N–H and O–H groups in total. The molecule has 2 aromatic heterocycles. The van der Waals surface area contributed by atoms with Gasteiger partial charge in [-0.2, -0.15) is 0 Å². The average molecular weight is 648 g/mol. The number of ether oxygens (including phenoxy) is 1. The standard InChI is InChI=1S/C21H22ClN7O7S4/c1-21(2,3)36-9(30)4-35-28-11(10-14(22)40-19(23)26-10)15(31)25-12-16(32)29-13(18(33)34)8(5-37-17(12)29)6-38-20-27-24-7-39-20/h7,12,17H,4-6H2,1-3H3,(H2,23,26)(H,25,31)(H,33,34)/t12?,17-/m1/s1. The molecule has 0 saturated carbocycles. The Kier molecular flexibility index (Phi) is 9.23. The number of hydrogen-bond acceptors (Lipinski definition) is 15. The number of hydrogen-bond donors (Lipinski definition) is 3. The van der Waals surface area contributed by atoms with E-state index >= 15 is 0 Å². The van der Waals surface area contributed by atoms with E-state index in [1.54, 1.807) is 26.3 Å². The first-order valence-electron chi connectivity index (χ1n) is 11.3. The van der Waals surface area contributed by atoms with Crippen LogP contribution in [0, 0.1) is 0 Å². The summed E-state index contributed by atoms with van der Waals surface area (Å²) in [5, 5.41) is 23.2. The molecule has 1 fully saturated rings. The smallest absolute Gasteiger partial charge is 0.352 e. The van der Waals surface area contributed by atoms with Gasteiger partial charge in [0, 0.05) is 11.5 Å². The van der Waals surface area contributed by atoms with Crippen molar-refractivity contribution in [2.45, 2.75) is 42.1 Å². The van der Waals surface area contributed by atoms with Crippen molar-refractivity contribution in [3.8, 4) is 0 Å². The molecule has 0 bridgehead atoms. The minimum absolute atomic E-state index is 0.0366. The summed E-state index contributed by atoms with van der Waals surface area (Å²) in [5.74, 6) is -2.84. The number of nitrogen functional groups attached to an aromatic ring is 1. The molecule has 40 heavy (non-hydrogen) atoms. The summed E-state index contributed by atoms with van der Waals surface area (Å²) in [6.45, 7) is 4.43. The summed E-state index contributed by atoms with van der Waals surface area (Å²) in [6, 6.07) is -1.06. The van der Waals surface area contributed by atoms with Gasteiger partial charge in [-0.1, -0.05) is 51.2 Å². The number of fused-ring (bicyclic) bond motifs is 1. The summed E-state index contributed by atoms with van der Waals surface area (Å²) in [7, 11) is 0. The van der Waals surface area contributed by atoms with Gasteiger partial charge in [-0.05, 0) is 26.3 Å². The number of thioether (sulfide) groups is 2. The molecule has 2 aliphatic rings. The van der Waals surface area contributed by atoms with Gasteiger partial charge in [0.1, 0.15) is 38.3 Å². The molecule has 2 aliphatic heterocycles. The normalized spacial score (nSPS) is 19.1. The average Bonchev–Trinajstić information content (AvgIpc) is 3.50. The first kappa shape index (κ1) is 30.0. The van der Waals surface area contributed by atoms with Crippen LogP contribution in [0.25, 0.3) is 0 Å². The lowest BCUT2D eigenvalue weighted by Crippen LogP contribution is -2.71. The van der Waals surface area contributed by atoms with Crippen LogP contribution in [0.15, 0.2) is 26.3 Å². The molecule has 2 aromatic rings. The van der Waals surface area contributed by atoms with E-state index in [1.165, 1.54) is 34.9 Å². The number of carboxylic acid groups (broad SMARTS) is 1. The van der Waals surface area contributed by atoms with Crippen LogP contribution in [0.2, 0.25) is 4.34 Å². The number of nitrogens with two attached hydrogens (primary N) is 1. The highest BCUT2D eigenvalue weighted by molar-refractivity contribution is 8.01. The van der Waals surface area contributed by atoms with Crippen LogP contribution >= 0.6 is 57.8 Å². The van der Waals surface area contributed by atoms with Crippen LogP contribution < -0.4 is 11.1 Å². The molecule has 0 spiro atoms. The third kappa shape index (κ3) is 6.85. The van der Waals surface area contributed by atoms with E-state index in [0.29, 0.717) is 21.4 Å². The fourth-order valence-electron chi connectivity index (χ4n) is 3.55. The molecular formula is C21H22ClN7O7S4. The lowest BCUT2D eigenvalue weighted by atomic mass is 10.0. The van der Waals surface area contributed by atoms with E-state index in [9.17, 15) is 24.3 Å². The molecule has 0 aromatic carbocycles. The molecule has 1 unspecified atom stereocenters. The topological polar surface area (TPSA) is 199 Å². The first-order chi connectivity index (χ1) is 18.9.